The van der Waals surface area contributed by atoms with Crippen LogP contribution in [0.5, 0.6) is 0 Å². The summed E-state index contributed by atoms with van der Waals surface area (Å²) in [7, 11) is 0. The normalized spacial score (nSPS) is 12.5. The summed E-state index contributed by atoms with van der Waals surface area (Å²) in [4.78, 5) is 0. The molecule has 0 aliphatic carbocycles. The first-order chi connectivity index (χ1) is 8.09. The lowest BCUT2D eigenvalue weighted by atomic mass is 10.00. The maximum atomic E-state index is 6.23. The summed E-state index contributed by atoms with van der Waals surface area (Å²) in [5, 5.41) is 1.08. The molecule has 0 aliphatic heterocycles. The molecule has 17 heavy (non-hydrogen) atoms. The van der Waals surface area contributed by atoms with E-state index in [-0.39, 0.29) is 6.04 Å². The van der Waals surface area contributed by atoms with Crippen LogP contribution >= 0.6 is 45.8 Å². The smallest absolute Gasteiger partial charge is 0.0595 e. The largest absolute Gasteiger partial charge is 0.320 e. The Kier molecular flexibility index (Phi) is 4.31. The quantitative estimate of drug-likeness (QED) is 0.757. The van der Waals surface area contributed by atoms with Gasteiger partial charge >= 0.3 is 0 Å². The summed E-state index contributed by atoms with van der Waals surface area (Å²) in [5.41, 5.74) is 8.28. The summed E-state index contributed by atoms with van der Waals surface area (Å²) in [5.74, 6) is 0. The van der Waals surface area contributed by atoms with Crippen molar-refractivity contribution in [2.24, 2.45) is 5.73 Å². The fraction of sp³-hybridized carbons (Fsp3) is 0.0769. The zero-order valence-electron chi connectivity index (χ0n) is 8.83. The van der Waals surface area contributed by atoms with Crippen LogP contribution in [0.2, 0.25) is 10.0 Å². The molecule has 0 aliphatic rings. The zero-order chi connectivity index (χ0) is 12.4. The third-order valence-electron chi connectivity index (χ3n) is 2.54. The van der Waals surface area contributed by atoms with Gasteiger partial charge in [0.2, 0.25) is 0 Å². The molecule has 2 rings (SSSR count). The minimum atomic E-state index is -0.183. The van der Waals surface area contributed by atoms with Gasteiger partial charge in [-0.25, -0.2) is 0 Å². The molecule has 0 bridgehead atoms. The van der Waals surface area contributed by atoms with Gasteiger partial charge in [0, 0.05) is 3.57 Å². The van der Waals surface area contributed by atoms with Crippen LogP contribution in [0.1, 0.15) is 17.2 Å². The van der Waals surface area contributed by atoms with E-state index in [1.165, 1.54) is 0 Å². The number of nitrogens with two attached hydrogens (primary N) is 1. The van der Waals surface area contributed by atoms with Gasteiger partial charge in [-0.2, -0.15) is 0 Å². The van der Waals surface area contributed by atoms with Crippen molar-refractivity contribution in [2.45, 2.75) is 6.04 Å². The van der Waals surface area contributed by atoms with Crippen LogP contribution in [0, 0.1) is 3.57 Å². The number of halogens is 3. The molecule has 0 fully saturated rings. The molecule has 1 atom stereocenters. The summed E-state index contributed by atoms with van der Waals surface area (Å²) < 4.78 is 1.14. The van der Waals surface area contributed by atoms with E-state index in [0.29, 0.717) is 10.0 Å². The Morgan fingerprint density at radius 2 is 1.71 bits per heavy atom. The minimum absolute atomic E-state index is 0.183. The van der Waals surface area contributed by atoms with Crippen molar-refractivity contribution < 1.29 is 0 Å². The van der Waals surface area contributed by atoms with Crippen LogP contribution < -0.4 is 5.73 Å². The molecule has 1 nitrogen and oxygen atoms in total. The number of hydrogen-bond acceptors (Lipinski definition) is 1. The molecule has 0 radical (unpaired) electrons. The third-order valence-corrected chi connectivity index (χ3v) is 4.26. The molecule has 0 amide bonds. The molecule has 88 valence electrons. The Morgan fingerprint density at radius 1 is 1.00 bits per heavy atom. The lowest BCUT2D eigenvalue weighted by Crippen LogP contribution is -2.13. The fourth-order valence-corrected chi connectivity index (χ4v) is 2.64. The Hall–Kier alpha value is -0.290. The number of hydrogen-bond donors (Lipinski definition) is 1. The third kappa shape index (κ3) is 2.94. The molecule has 1 unspecified atom stereocenters. The van der Waals surface area contributed by atoms with Gasteiger partial charge in [0.25, 0.3) is 0 Å². The maximum absolute atomic E-state index is 6.23. The lowest BCUT2D eigenvalue weighted by molar-refractivity contribution is 0.865. The van der Waals surface area contributed by atoms with E-state index in [0.717, 1.165) is 14.7 Å². The second-order valence-electron chi connectivity index (χ2n) is 3.67. The van der Waals surface area contributed by atoms with E-state index < -0.39 is 0 Å². The highest BCUT2D eigenvalue weighted by Gasteiger charge is 2.12. The predicted molar refractivity (Wildman–Crippen MR) is 81.7 cm³/mol. The van der Waals surface area contributed by atoms with Crippen molar-refractivity contribution >= 4 is 45.8 Å². The predicted octanol–water partition coefficient (Wildman–Crippen LogP) is 4.65. The van der Waals surface area contributed by atoms with Crippen LogP contribution in [0.3, 0.4) is 0 Å². The topological polar surface area (TPSA) is 26.0 Å². The summed E-state index contributed by atoms with van der Waals surface area (Å²) >= 11 is 14.2. The Balaban J connectivity index is 2.40. The monoisotopic (exact) mass is 377 g/mol. The van der Waals surface area contributed by atoms with E-state index in [9.17, 15) is 0 Å². The van der Waals surface area contributed by atoms with Crippen molar-refractivity contribution in [3.05, 3.63) is 67.2 Å². The molecular formula is C13H10Cl2IN. The second-order valence-corrected chi connectivity index (χ2v) is 5.65. The van der Waals surface area contributed by atoms with Crippen molar-refractivity contribution in [3.8, 4) is 0 Å². The van der Waals surface area contributed by atoms with E-state index in [2.05, 4.69) is 22.6 Å². The first-order valence-electron chi connectivity index (χ1n) is 5.04. The molecule has 0 saturated heterocycles. The molecule has 0 heterocycles. The minimum Gasteiger partial charge on any atom is -0.320 e. The standard InChI is InChI=1S/C13H10Cl2IN/c14-10-6-5-8(7-11(10)15)13(17)9-3-1-2-4-12(9)16/h1-7,13H,17H2. The van der Waals surface area contributed by atoms with Gasteiger partial charge in [-0.1, -0.05) is 47.5 Å². The summed E-state index contributed by atoms with van der Waals surface area (Å²) in [6.45, 7) is 0. The Labute approximate surface area is 124 Å². The molecule has 2 aromatic rings. The number of rotatable bonds is 2. The van der Waals surface area contributed by atoms with E-state index >= 15 is 0 Å². The average molecular weight is 378 g/mol. The van der Waals surface area contributed by atoms with E-state index in [1.54, 1.807) is 6.07 Å². The van der Waals surface area contributed by atoms with Crippen LogP contribution in [0.25, 0.3) is 0 Å². The molecule has 4 heteroatoms. The van der Waals surface area contributed by atoms with Crippen LogP contribution in [-0.4, -0.2) is 0 Å². The average Bonchev–Trinajstić information content (AvgIpc) is 2.32. The van der Waals surface area contributed by atoms with Gasteiger partial charge < -0.3 is 5.73 Å². The van der Waals surface area contributed by atoms with Gasteiger partial charge in [0.05, 0.1) is 16.1 Å². The second kappa shape index (κ2) is 5.57. The van der Waals surface area contributed by atoms with Crippen molar-refractivity contribution in [1.82, 2.24) is 0 Å². The van der Waals surface area contributed by atoms with Gasteiger partial charge in [-0.3, -0.25) is 0 Å². The molecule has 0 spiro atoms. The molecule has 2 N–H and O–H groups in total. The van der Waals surface area contributed by atoms with E-state index in [4.69, 9.17) is 28.9 Å². The van der Waals surface area contributed by atoms with Crippen LogP contribution in [-0.2, 0) is 0 Å². The van der Waals surface area contributed by atoms with Crippen molar-refractivity contribution in [1.29, 1.82) is 0 Å². The number of benzene rings is 2. The SMILES string of the molecule is NC(c1ccc(Cl)c(Cl)c1)c1ccccc1I. The molecule has 0 saturated carbocycles. The fourth-order valence-electron chi connectivity index (χ4n) is 1.61. The van der Waals surface area contributed by atoms with Crippen LogP contribution in [0.4, 0.5) is 0 Å². The van der Waals surface area contributed by atoms with E-state index in [1.807, 2.05) is 36.4 Å². The zero-order valence-corrected chi connectivity index (χ0v) is 12.5. The van der Waals surface area contributed by atoms with Crippen molar-refractivity contribution in [2.75, 3.05) is 0 Å². The highest BCUT2D eigenvalue weighted by atomic mass is 127. The highest BCUT2D eigenvalue weighted by molar-refractivity contribution is 14.1. The van der Waals surface area contributed by atoms with Gasteiger partial charge in [0.15, 0.2) is 0 Å². The summed E-state index contributed by atoms with van der Waals surface area (Å²) in [6, 6.07) is 13.3. The maximum Gasteiger partial charge on any atom is 0.0595 e. The lowest BCUT2D eigenvalue weighted by Gasteiger charge is -2.14. The molecular weight excluding hydrogens is 368 g/mol. The van der Waals surface area contributed by atoms with Crippen LogP contribution in [0.15, 0.2) is 42.5 Å². The first-order valence-corrected chi connectivity index (χ1v) is 6.88. The Bertz CT molecular complexity index is 543. The molecule has 2 aromatic carbocycles. The van der Waals surface area contributed by atoms with Crippen molar-refractivity contribution in [3.63, 3.8) is 0 Å². The first kappa shape index (κ1) is 13.1. The summed E-state index contributed by atoms with van der Waals surface area (Å²) in [6.07, 6.45) is 0. The van der Waals surface area contributed by atoms with Gasteiger partial charge in [0.1, 0.15) is 0 Å². The molecule has 0 aromatic heterocycles. The van der Waals surface area contributed by atoms with Gasteiger partial charge in [-0.15, -0.1) is 0 Å². The van der Waals surface area contributed by atoms with Gasteiger partial charge in [-0.05, 0) is 51.9 Å². The highest BCUT2D eigenvalue weighted by Crippen LogP contribution is 2.29. The Morgan fingerprint density at radius 3 is 2.35 bits per heavy atom.